The summed E-state index contributed by atoms with van der Waals surface area (Å²) in [5.41, 5.74) is 0.859. The molecule has 4 nitrogen and oxygen atoms in total. The predicted molar refractivity (Wildman–Crippen MR) is 84.5 cm³/mol. The molecule has 1 saturated carbocycles. The fraction of sp³-hybridized carbons (Fsp3) is 0.500. The topological polar surface area (TPSA) is 49.4 Å². The Morgan fingerprint density at radius 2 is 2.00 bits per heavy atom. The molecule has 21 heavy (non-hydrogen) atoms. The molecule has 1 aromatic rings. The highest BCUT2D eigenvalue weighted by atomic mass is 32.2. The molecule has 0 atom stereocenters. The second kappa shape index (κ2) is 6.52. The summed E-state index contributed by atoms with van der Waals surface area (Å²) < 4.78 is 0. The van der Waals surface area contributed by atoms with Crippen LogP contribution in [0.25, 0.3) is 0 Å². The van der Waals surface area contributed by atoms with Gasteiger partial charge in [0.2, 0.25) is 11.8 Å². The van der Waals surface area contributed by atoms with Crippen LogP contribution in [-0.2, 0) is 9.59 Å². The van der Waals surface area contributed by atoms with E-state index in [1.54, 1.807) is 16.7 Å². The number of fused-ring (bicyclic) bond motifs is 1. The van der Waals surface area contributed by atoms with Crippen LogP contribution >= 0.6 is 11.8 Å². The van der Waals surface area contributed by atoms with E-state index in [-0.39, 0.29) is 24.4 Å². The molecule has 1 N–H and O–H groups in total. The number of carbonyl (C=O) groups is 2. The fourth-order valence-electron chi connectivity index (χ4n) is 2.99. The number of benzene rings is 1. The average molecular weight is 304 g/mol. The number of carbonyl (C=O) groups excluding carboxylic acids is 2. The highest BCUT2D eigenvalue weighted by molar-refractivity contribution is 8.00. The van der Waals surface area contributed by atoms with E-state index in [2.05, 4.69) is 5.32 Å². The first-order chi connectivity index (χ1) is 10.2. The van der Waals surface area contributed by atoms with Crippen LogP contribution in [0, 0.1) is 0 Å². The van der Waals surface area contributed by atoms with Crippen molar-refractivity contribution in [2.24, 2.45) is 0 Å². The van der Waals surface area contributed by atoms with Crippen molar-refractivity contribution in [3.63, 3.8) is 0 Å². The lowest BCUT2D eigenvalue weighted by atomic mass is 9.95. The highest BCUT2D eigenvalue weighted by Gasteiger charge is 2.27. The largest absolute Gasteiger partial charge is 0.352 e. The van der Waals surface area contributed by atoms with E-state index in [1.807, 2.05) is 24.3 Å². The van der Waals surface area contributed by atoms with Crippen molar-refractivity contribution in [2.45, 2.75) is 43.0 Å². The zero-order valence-corrected chi connectivity index (χ0v) is 12.8. The quantitative estimate of drug-likeness (QED) is 0.933. The molecule has 1 aromatic carbocycles. The molecule has 2 amide bonds. The number of amides is 2. The fourth-order valence-corrected chi connectivity index (χ4v) is 3.93. The Kier molecular flexibility index (Phi) is 4.48. The molecule has 1 aliphatic heterocycles. The summed E-state index contributed by atoms with van der Waals surface area (Å²) in [5.74, 6) is 0.378. The summed E-state index contributed by atoms with van der Waals surface area (Å²) in [6, 6.07) is 8.06. The highest BCUT2D eigenvalue weighted by Crippen LogP contribution is 2.34. The van der Waals surface area contributed by atoms with Crippen LogP contribution < -0.4 is 10.2 Å². The Hall–Kier alpha value is -1.49. The number of anilines is 1. The number of nitrogens with zero attached hydrogens (tertiary/aromatic N) is 1. The second-order valence-corrected chi connectivity index (χ2v) is 6.66. The molecule has 0 spiro atoms. The van der Waals surface area contributed by atoms with Crippen LogP contribution in [0.15, 0.2) is 29.2 Å². The summed E-state index contributed by atoms with van der Waals surface area (Å²) in [4.78, 5) is 27.0. The third-order valence-electron chi connectivity index (χ3n) is 4.08. The number of hydrogen-bond donors (Lipinski definition) is 1. The smallest absolute Gasteiger partial charge is 0.240 e. The third kappa shape index (κ3) is 3.40. The SMILES string of the molecule is O=C(CN1C(=O)CSc2ccccc21)NC1CCCCC1. The maximum Gasteiger partial charge on any atom is 0.240 e. The Balaban J connectivity index is 1.66. The van der Waals surface area contributed by atoms with Crippen LogP contribution in [0.5, 0.6) is 0 Å². The molecule has 0 saturated heterocycles. The van der Waals surface area contributed by atoms with Gasteiger partial charge in [-0.1, -0.05) is 31.4 Å². The first kappa shape index (κ1) is 14.4. The third-order valence-corrected chi connectivity index (χ3v) is 5.13. The monoisotopic (exact) mass is 304 g/mol. The molecule has 112 valence electrons. The minimum atomic E-state index is -0.0445. The van der Waals surface area contributed by atoms with Crippen molar-refractivity contribution in [1.82, 2.24) is 5.32 Å². The van der Waals surface area contributed by atoms with Gasteiger partial charge in [-0.3, -0.25) is 9.59 Å². The molecule has 2 aliphatic rings. The number of rotatable bonds is 3. The summed E-state index contributed by atoms with van der Waals surface area (Å²) in [5, 5.41) is 3.08. The zero-order chi connectivity index (χ0) is 14.7. The number of hydrogen-bond acceptors (Lipinski definition) is 3. The minimum absolute atomic E-state index is 0.0116. The van der Waals surface area contributed by atoms with Crippen LogP contribution in [0.3, 0.4) is 0 Å². The maximum atomic E-state index is 12.2. The standard InChI is InChI=1S/C16H20N2O2S/c19-15(17-12-6-2-1-3-7-12)10-18-13-8-4-5-9-14(13)21-11-16(18)20/h4-5,8-9,12H,1-3,6-7,10-11H2,(H,17,19). The number of thioether (sulfide) groups is 1. The first-order valence-electron chi connectivity index (χ1n) is 7.55. The lowest BCUT2D eigenvalue weighted by Crippen LogP contribution is -2.46. The second-order valence-electron chi connectivity index (χ2n) is 5.64. The molecule has 1 aliphatic carbocycles. The number of nitrogens with one attached hydrogen (secondary N) is 1. The van der Waals surface area contributed by atoms with Crippen LogP contribution in [-0.4, -0.2) is 30.2 Å². The van der Waals surface area contributed by atoms with Crippen molar-refractivity contribution in [1.29, 1.82) is 0 Å². The molecule has 0 radical (unpaired) electrons. The van der Waals surface area contributed by atoms with Crippen molar-refractivity contribution in [3.8, 4) is 0 Å². The van der Waals surface area contributed by atoms with Gasteiger partial charge in [0.1, 0.15) is 6.54 Å². The molecule has 3 rings (SSSR count). The van der Waals surface area contributed by atoms with Gasteiger partial charge in [-0.15, -0.1) is 11.8 Å². The average Bonchev–Trinajstić information content (AvgIpc) is 2.51. The Morgan fingerprint density at radius 3 is 2.81 bits per heavy atom. The van der Waals surface area contributed by atoms with Gasteiger partial charge in [-0.25, -0.2) is 0 Å². The predicted octanol–water partition coefficient (Wildman–Crippen LogP) is 2.57. The van der Waals surface area contributed by atoms with Crippen LogP contribution in [0.1, 0.15) is 32.1 Å². The normalized spacial score (nSPS) is 19.2. The first-order valence-corrected chi connectivity index (χ1v) is 8.54. The molecule has 1 heterocycles. The lowest BCUT2D eigenvalue weighted by Gasteiger charge is -2.29. The summed E-state index contributed by atoms with van der Waals surface area (Å²) >= 11 is 1.54. The Labute approximate surface area is 129 Å². The maximum absolute atomic E-state index is 12.2. The molecule has 0 bridgehead atoms. The molecule has 5 heteroatoms. The van der Waals surface area contributed by atoms with Crippen LogP contribution in [0.2, 0.25) is 0 Å². The van der Waals surface area contributed by atoms with Crippen molar-refractivity contribution >= 4 is 29.3 Å². The molecule has 1 fully saturated rings. The summed E-state index contributed by atoms with van der Waals surface area (Å²) in [7, 11) is 0. The van der Waals surface area contributed by atoms with Gasteiger partial charge in [-0.05, 0) is 25.0 Å². The van der Waals surface area contributed by atoms with Gasteiger partial charge >= 0.3 is 0 Å². The Bertz CT molecular complexity index is 541. The summed E-state index contributed by atoms with van der Waals surface area (Å²) in [6.45, 7) is 0.132. The van der Waals surface area contributed by atoms with E-state index in [0.29, 0.717) is 5.75 Å². The van der Waals surface area contributed by atoms with Crippen molar-refractivity contribution in [2.75, 3.05) is 17.2 Å². The van der Waals surface area contributed by atoms with Gasteiger partial charge < -0.3 is 10.2 Å². The number of para-hydroxylation sites is 1. The van der Waals surface area contributed by atoms with Gasteiger partial charge in [0.15, 0.2) is 0 Å². The lowest BCUT2D eigenvalue weighted by molar-refractivity contribution is -0.123. The van der Waals surface area contributed by atoms with E-state index in [1.165, 1.54) is 19.3 Å². The van der Waals surface area contributed by atoms with E-state index in [0.717, 1.165) is 23.4 Å². The van der Waals surface area contributed by atoms with Gasteiger partial charge in [0.25, 0.3) is 0 Å². The molecular formula is C16H20N2O2S. The van der Waals surface area contributed by atoms with E-state index < -0.39 is 0 Å². The van der Waals surface area contributed by atoms with Crippen LogP contribution in [0.4, 0.5) is 5.69 Å². The van der Waals surface area contributed by atoms with Gasteiger partial charge in [0.05, 0.1) is 11.4 Å². The molecular weight excluding hydrogens is 284 g/mol. The van der Waals surface area contributed by atoms with Crippen molar-refractivity contribution in [3.05, 3.63) is 24.3 Å². The van der Waals surface area contributed by atoms with Gasteiger partial charge in [-0.2, -0.15) is 0 Å². The molecule has 0 unspecified atom stereocenters. The summed E-state index contributed by atoms with van der Waals surface area (Å²) in [6.07, 6.45) is 5.76. The van der Waals surface area contributed by atoms with E-state index >= 15 is 0 Å². The Morgan fingerprint density at radius 1 is 1.24 bits per heavy atom. The molecule has 0 aromatic heterocycles. The minimum Gasteiger partial charge on any atom is -0.352 e. The van der Waals surface area contributed by atoms with E-state index in [4.69, 9.17) is 0 Å². The van der Waals surface area contributed by atoms with Crippen molar-refractivity contribution < 1.29 is 9.59 Å². The zero-order valence-electron chi connectivity index (χ0n) is 12.0. The van der Waals surface area contributed by atoms with Gasteiger partial charge in [0, 0.05) is 10.9 Å². The van der Waals surface area contributed by atoms with E-state index in [9.17, 15) is 9.59 Å².